The van der Waals surface area contributed by atoms with Gasteiger partial charge in [0.25, 0.3) is 0 Å². The van der Waals surface area contributed by atoms with Gasteiger partial charge in [-0.05, 0) is 25.7 Å². The topological polar surface area (TPSA) is 54.5 Å². The van der Waals surface area contributed by atoms with Crippen LogP contribution < -0.4 is 10.1 Å². The van der Waals surface area contributed by atoms with Gasteiger partial charge < -0.3 is 15.0 Å². The summed E-state index contributed by atoms with van der Waals surface area (Å²) >= 11 is 6.07. The second kappa shape index (κ2) is 8.22. The van der Waals surface area contributed by atoms with E-state index >= 15 is 0 Å². The number of urea groups is 1. The Morgan fingerprint density at radius 3 is 3.00 bits per heavy atom. The molecule has 122 valence electrons. The van der Waals surface area contributed by atoms with Crippen molar-refractivity contribution in [1.82, 2.24) is 15.2 Å². The molecule has 1 aliphatic rings. The minimum Gasteiger partial charge on any atom is -0.487 e. The summed E-state index contributed by atoms with van der Waals surface area (Å²) in [5, 5.41) is 3.58. The van der Waals surface area contributed by atoms with Gasteiger partial charge in [0, 0.05) is 31.0 Å². The molecular formula is C16H24ClN3O2. The number of ether oxygens (including phenoxy) is 1. The number of hydrogen-bond acceptors (Lipinski definition) is 3. The molecule has 22 heavy (non-hydrogen) atoms. The summed E-state index contributed by atoms with van der Waals surface area (Å²) in [5.74, 6) is 0.629. The molecule has 2 rings (SSSR count). The zero-order chi connectivity index (χ0) is 15.9. The van der Waals surface area contributed by atoms with E-state index < -0.39 is 0 Å². The monoisotopic (exact) mass is 325 g/mol. The van der Waals surface area contributed by atoms with Gasteiger partial charge in [0.2, 0.25) is 0 Å². The molecular weight excluding hydrogens is 302 g/mol. The van der Waals surface area contributed by atoms with E-state index in [0.29, 0.717) is 17.3 Å². The standard InChI is InChI=1S/C16H24ClN3O2/c1-3-12(4-2)19-16(21)20-9-5-6-13(11-20)22-15-7-8-18-10-14(15)17/h7-8,10,12-13H,3-6,9,11H2,1-2H3,(H,19,21). The van der Waals surface area contributed by atoms with E-state index in [2.05, 4.69) is 24.1 Å². The summed E-state index contributed by atoms with van der Waals surface area (Å²) in [7, 11) is 0. The molecule has 0 aromatic carbocycles. The molecule has 0 saturated carbocycles. The fourth-order valence-electron chi connectivity index (χ4n) is 2.62. The lowest BCUT2D eigenvalue weighted by molar-refractivity contribution is 0.0999. The van der Waals surface area contributed by atoms with Crippen molar-refractivity contribution in [3.05, 3.63) is 23.5 Å². The number of nitrogens with zero attached hydrogens (tertiary/aromatic N) is 2. The Balaban J connectivity index is 1.91. The van der Waals surface area contributed by atoms with Gasteiger partial charge >= 0.3 is 6.03 Å². The third-order valence-electron chi connectivity index (χ3n) is 4.01. The van der Waals surface area contributed by atoms with Gasteiger partial charge in [-0.15, -0.1) is 0 Å². The zero-order valence-electron chi connectivity index (χ0n) is 13.2. The van der Waals surface area contributed by atoms with Crippen molar-refractivity contribution in [3.8, 4) is 5.75 Å². The van der Waals surface area contributed by atoms with E-state index in [0.717, 1.165) is 32.2 Å². The minimum atomic E-state index is -0.0268. The summed E-state index contributed by atoms with van der Waals surface area (Å²) in [6.45, 7) is 5.53. The van der Waals surface area contributed by atoms with E-state index in [-0.39, 0.29) is 18.2 Å². The maximum absolute atomic E-state index is 12.3. The zero-order valence-corrected chi connectivity index (χ0v) is 14.0. The van der Waals surface area contributed by atoms with Gasteiger partial charge in [0.15, 0.2) is 0 Å². The maximum atomic E-state index is 12.3. The summed E-state index contributed by atoms with van der Waals surface area (Å²) in [6, 6.07) is 2.00. The second-order valence-electron chi connectivity index (χ2n) is 5.60. The fraction of sp³-hybridized carbons (Fsp3) is 0.625. The Morgan fingerprint density at radius 2 is 2.32 bits per heavy atom. The molecule has 0 radical (unpaired) electrons. The highest BCUT2D eigenvalue weighted by Gasteiger charge is 2.26. The van der Waals surface area contributed by atoms with E-state index in [4.69, 9.17) is 16.3 Å². The van der Waals surface area contributed by atoms with Gasteiger partial charge in [-0.25, -0.2) is 4.79 Å². The Bertz CT molecular complexity index is 494. The number of piperidine rings is 1. The lowest BCUT2D eigenvalue weighted by atomic mass is 10.1. The molecule has 2 amide bonds. The number of carbonyl (C=O) groups excluding carboxylic acids is 1. The molecule has 0 bridgehead atoms. The van der Waals surface area contributed by atoms with Crippen molar-refractivity contribution >= 4 is 17.6 Å². The van der Waals surface area contributed by atoms with E-state index in [1.807, 2.05) is 4.90 Å². The average Bonchev–Trinajstić information content (AvgIpc) is 2.55. The van der Waals surface area contributed by atoms with Crippen LogP contribution >= 0.6 is 11.6 Å². The average molecular weight is 326 g/mol. The maximum Gasteiger partial charge on any atom is 0.317 e. The number of hydrogen-bond donors (Lipinski definition) is 1. The van der Waals surface area contributed by atoms with Gasteiger partial charge in [0.1, 0.15) is 16.9 Å². The van der Waals surface area contributed by atoms with Crippen molar-refractivity contribution in [1.29, 1.82) is 0 Å². The molecule has 6 heteroatoms. The van der Waals surface area contributed by atoms with Gasteiger partial charge in [0.05, 0.1) is 6.54 Å². The normalized spacial score (nSPS) is 18.4. The fourth-order valence-corrected chi connectivity index (χ4v) is 2.78. The van der Waals surface area contributed by atoms with Gasteiger partial charge in [-0.1, -0.05) is 25.4 Å². The van der Waals surface area contributed by atoms with Crippen LogP contribution in [-0.2, 0) is 0 Å². The van der Waals surface area contributed by atoms with Crippen LogP contribution in [0.4, 0.5) is 4.79 Å². The lowest BCUT2D eigenvalue weighted by Gasteiger charge is -2.34. The van der Waals surface area contributed by atoms with Crippen LogP contribution in [0.25, 0.3) is 0 Å². The number of carbonyl (C=O) groups is 1. The number of rotatable bonds is 5. The quantitative estimate of drug-likeness (QED) is 0.901. The summed E-state index contributed by atoms with van der Waals surface area (Å²) in [6.07, 6.45) is 6.95. The predicted molar refractivity (Wildman–Crippen MR) is 87.4 cm³/mol. The number of nitrogens with one attached hydrogen (secondary N) is 1. The van der Waals surface area contributed by atoms with Crippen LogP contribution in [0.5, 0.6) is 5.75 Å². The summed E-state index contributed by atoms with van der Waals surface area (Å²) < 4.78 is 5.93. The Hall–Kier alpha value is -1.49. The van der Waals surface area contributed by atoms with Crippen LogP contribution in [0.2, 0.25) is 5.02 Å². The molecule has 2 heterocycles. The molecule has 1 atom stereocenters. The Labute approximate surface area is 137 Å². The highest BCUT2D eigenvalue weighted by molar-refractivity contribution is 6.31. The SMILES string of the molecule is CCC(CC)NC(=O)N1CCCC(Oc2ccncc2Cl)C1. The van der Waals surface area contributed by atoms with E-state index in [9.17, 15) is 4.79 Å². The summed E-state index contributed by atoms with van der Waals surface area (Å²) in [5.41, 5.74) is 0. The number of amides is 2. The molecule has 1 aromatic rings. The van der Waals surface area contributed by atoms with Crippen molar-refractivity contribution in [2.75, 3.05) is 13.1 Å². The first-order valence-electron chi connectivity index (χ1n) is 7.95. The van der Waals surface area contributed by atoms with Crippen molar-refractivity contribution in [2.24, 2.45) is 0 Å². The van der Waals surface area contributed by atoms with Crippen molar-refractivity contribution < 1.29 is 9.53 Å². The van der Waals surface area contributed by atoms with Crippen LogP contribution in [0.15, 0.2) is 18.5 Å². The number of pyridine rings is 1. The molecule has 0 spiro atoms. The highest BCUT2D eigenvalue weighted by atomic mass is 35.5. The van der Waals surface area contributed by atoms with Crippen molar-refractivity contribution in [3.63, 3.8) is 0 Å². The third-order valence-corrected chi connectivity index (χ3v) is 4.29. The highest BCUT2D eigenvalue weighted by Crippen LogP contribution is 2.25. The predicted octanol–water partition coefficient (Wildman–Crippen LogP) is 3.48. The molecule has 1 unspecified atom stereocenters. The molecule has 1 saturated heterocycles. The first kappa shape index (κ1) is 16.9. The van der Waals surface area contributed by atoms with Crippen molar-refractivity contribution in [2.45, 2.75) is 51.7 Å². The molecule has 1 N–H and O–H groups in total. The number of halogens is 1. The molecule has 1 fully saturated rings. The first-order chi connectivity index (χ1) is 10.6. The van der Waals surface area contributed by atoms with Gasteiger partial charge in [-0.2, -0.15) is 0 Å². The molecule has 1 aromatic heterocycles. The van der Waals surface area contributed by atoms with Crippen LogP contribution in [0, 0.1) is 0 Å². The smallest absolute Gasteiger partial charge is 0.317 e. The summed E-state index contributed by atoms with van der Waals surface area (Å²) in [4.78, 5) is 18.1. The molecule has 1 aliphatic heterocycles. The number of likely N-dealkylation sites (tertiary alicyclic amines) is 1. The van der Waals surface area contributed by atoms with E-state index in [1.165, 1.54) is 0 Å². The Kier molecular flexibility index (Phi) is 6.31. The third kappa shape index (κ3) is 4.50. The molecule has 0 aliphatic carbocycles. The minimum absolute atomic E-state index is 0.00262. The lowest BCUT2D eigenvalue weighted by Crippen LogP contribution is -2.50. The van der Waals surface area contributed by atoms with Gasteiger partial charge in [-0.3, -0.25) is 4.98 Å². The second-order valence-corrected chi connectivity index (χ2v) is 6.00. The number of aromatic nitrogens is 1. The van der Waals surface area contributed by atoms with Crippen LogP contribution in [0.3, 0.4) is 0 Å². The van der Waals surface area contributed by atoms with Crippen LogP contribution in [0.1, 0.15) is 39.5 Å². The van der Waals surface area contributed by atoms with E-state index in [1.54, 1.807) is 18.5 Å². The molecule has 5 nitrogen and oxygen atoms in total. The van der Waals surface area contributed by atoms with Crippen LogP contribution in [-0.4, -0.2) is 41.2 Å². The Morgan fingerprint density at radius 1 is 1.55 bits per heavy atom. The first-order valence-corrected chi connectivity index (χ1v) is 8.33. The largest absolute Gasteiger partial charge is 0.487 e.